The van der Waals surface area contributed by atoms with Gasteiger partial charge in [0, 0.05) is 21.7 Å². The standard InChI is InChI=1S/C25H17N3/c1-16-19-10-4-7-13-22(19)28-24-14-17-8-2-5-11-20(17)26(24)23-15-18-9-3-6-12-21(18)27(23)25(16)28/h2-15H,1H3. The third kappa shape index (κ3) is 1.53. The first-order valence-electron chi connectivity index (χ1n) is 9.65. The molecule has 0 unspecified atom stereocenters. The van der Waals surface area contributed by atoms with Gasteiger partial charge in [0.05, 0.1) is 16.6 Å². The van der Waals surface area contributed by atoms with Crippen molar-refractivity contribution in [1.29, 1.82) is 0 Å². The molecule has 0 aliphatic rings. The molecule has 0 aliphatic heterocycles. The summed E-state index contributed by atoms with van der Waals surface area (Å²) in [4.78, 5) is 0. The number of aryl methyl sites for hydroxylation is 1. The summed E-state index contributed by atoms with van der Waals surface area (Å²) in [6.45, 7) is 2.24. The van der Waals surface area contributed by atoms with Gasteiger partial charge in [0.25, 0.3) is 0 Å². The zero-order chi connectivity index (χ0) is 18.4. The Bertz CT molecular complexity index is 1690. The average Bonchev–Trinajstić information content (AvgIpc) is 3.38. The lowest BCUT2D eigenvalue weighted by Crippen LogP contribution is -2.02. The van der Waals surface area contributed by atoms with Gasteiger partial charge < -0.3 is 0 Å². The van der Waals surface area contributed by atoms with E-state index in [1.165, 1.54) is 55.2 Å². The molecule has 0 radical (unpaired) electrons. The Kier molecular flexibility index (Phi) is 2.44. The first-order valence-corrected chi connectivity index (χ1v) is 9.65. The number of para-hydroxylation sites is 3. The summed E-state index contributed by atoms with van der Waals surface area (Å²) in [6.07, 6.45) is 0. The molecule has 0 saturated carbocycles. The molecule has 0 saturated heterocycles. The van der Waals surface area contributed by atoms with Crippen molar-refractivity contribution in [2.24, 2.45) is 0 Å². The van der Waals surface area contributed by atoms with Crippen LogP contribution in [0, 0.1) is 6.92 Å². The Morgan fingerprint density at radius 1 is 0.536 bits per heavy atom. The van der Waals surface area contributed by atoms with Crippen LogP contribution in [0.4, 0.5) is 0 Å². The van der Waals surface area contributed by atoms with E-state index in [9.17, 15) is 0 Å². The lowest BCUT2D eigenvalue weighted by atomic mass is 10.2. The van der Waals surface area contributed by atoms with Gasteiger partial charge in [0.1, 0.15) is 16.9 Å². The minimum atomic E-state index is 1.20. The molecular weight excluding hydrogens is 342 g/mol. The molecule has 4 heterocycles. The molecule has 132 valence electrons. The van der Waals surface area contributed by atoms with Crippen LogP contribution in [-0.4, -0.2) is 13.2 Å². The molecule has 0 atom stereocenters. The largest absolute Gasteiger partial charge is 0.281 e. The highest BCUT2D eigenvalue weighted by molar-refractivity contribution is 6.00. The van der Waals surface area contributed by atoms with E-state index in [-0.39, 0.29) is 0 Å². The highest BCUT2D eigenvalue weighted by Crippen LogP contribution is 2.34. The second kappa shape index (κ2) is 4.76. The van der Waals surface area contributed by atoms with Gasteiger partial charge in [-0.1, -0.05) is 54.6 Å². The fraction of sp³-hybridized carbons (Fsp3) is 0.0400. The maximum absolute atomic E-state index is 2.42. The van der Waals surface area contributed by atoms with E-state index in [0.717, 1.165) is 0 Å². The van der Waals surface area contributed by atoms with E-state index < -0.39 is 0 Å². The van der Waals surface area contributed by atoms with Crippen molar-refractivity contribution < 1.29 is 0 Å². The van der Waals surface area contributed by atoms with Crippen molar-refractivity contribution in [3.8, 4) is 0 Å². The van der Waals surface area contributed by atoms with Crippen molar-refractivity contribution in [2.75, 3.05) is 0 Å². The second-order valence-electron chi connectivity index (χ2n) is 7.59. The third-order valence-electron chi connectivity index (χ3n) is 6.15. The van der Waals surface area contributed by atoms with Crippen LogP contribution in [0.1, 0.15) is 5.56 Å². The molecule has 28 heavy (non-hydrogen) atoms. The molecule has 7 rings (SSSR count). The van der Waals surface area contributed by atoms with Crippen LogP contribution in [0.3, 0.4) is 0 Å². The van der Waals surface area contributed by atoms with Gasteiger partial charge in [0.2, 0.25) is 0 Å². The summed E-state index contributed by atoms with van der Waals surface area (Å²) in [5.74, 6) is 0. The minimum absolute atomic E-state index is 1.20. The summed E-state index contributed by atoms with van der Waals surface area (Å²) in [7, 11) is 0. The molecule has 0 spiro atoms. The molecule has 4 aromatic heterocycles. The minimum Gasteiger partial charge on any atom is -0.281 e. The predicted molar refractivity (Wildman–Crippen MR) is 117 cm³/mol. The van der Waals surface area contributed by atoms with Crippen LogP contribution < -0.4 is 0 Å². The van der Waals surface area contributed by atoms with Crippen molar-refractivity contribution in [1.82, 2.24) is 13.2 Å². The van der Waals surface area contributed by atoms with Crippen LogP contribution in [0.5, 0.6) is 0 Å². The summed E-state index contributed by atoms with van der Waals surface area (Å²) < 4.78 is 7.24. The maximum atomic E-state index is 2.42. The number of hydrogen-bond acceptors (Lipinski definition) is 0. The van der Waals surface area contributed by atoms with Gasteiger partial charge in [-0.2, -0.15) is 0 Å². The van der Waals surface area contributed by atoms with E-state index in [2.05, 4.69) is 105 Å². The van der Waals surface area contributed by atoms with Crippen LogP contribution in [0.15, 0.2) is 84.9 Å². The van der Waals surface area contributed by atoms with Crippen LogP contribution in [0.2, 0.25) is 0 Å². The molecule has 0 bridgehead atoms. The molecule has 3 nitrogen and oxygen atoms in total. The number of hydrogen-bond donors (Lipinski definition) is 0. The van der Waals surface area contributed by atoms with E-state index in [0.29, 0.717) is 0 Å². The molecule has 0 N–H and O–H groups in total. The average molecular weight is 359 g/mol. The zero-order valence-electron chi connectivity index (χ0n) is 15.4. The van der Waals surface area contributed by atoms with Gasteiger partial charge in [-0.05, 0) is 37.3 Å². The Balaban J connectivity index is 1.98. The predicted octanol–water partition coefficient (Wildman–Crippen LogP) is 6.21. The molecular formula is C25H17N3. The van der Waals surface area contributed by atoms with Crippen molar-refractivity contribution in [2.45, 2.75) is 6.92 Å². The Hall–Kier alpha value is -3.72. The van der Waals surface area contributed by atoms with Crippen molar-refractivity contribution in [3.63, 3.8) is 0 Å². The SMILES string of the molecule is Cc1c2ccccc2n2c3cc4ccccc4n3c3cc4ccccc4n3c12. The molecule has 0 amide bonds. The highest BCUT2D eigenvalue weighted by Gasteiger charge is 2.19. The number of fused-ring (bicyclic) bond motifs is 12. The van der Waals surface area contributed by atoms with E-state index in [1.54, 1.807) is 0 Å². The number of benzene rings is 3. The smallest absolute Gasteiger partial charge is 0.128 e. The fourth-order valence-electron chi connectivity index (χ4n) is 4.96. The quantitative estimate of drug-likeness (QED) is 0.305. The summed E-state index contributed by atoms with van der Waals surface area (Å²) in [5, 5.41) is 3.83. The van der Waals surface area contributed by atoms with Crippen LogP contribution >= 0.6 is 0 Å². The summed E-state index contributed by atoms with van der Waals surface area (Å²) in [6, 6.07) is 30.7. The second-order valence-corrected chi connectivity index (χ2v) is 7.59. The normalized spacial score (nSPS) is 12.5. The summed E-state index contributed by atoms with van der Waals surface area (Å²) >= 11 is 0. The molecule has 0 fully saturated rings. The molecule has 7 aromatic rings. The van der Waals surface area contributed by atoms with Crippen LogP contribution in [-0.2, 0) is 0 Å². The highest BCUT2D eigenvalue weighted by atomic mass is 15.2. The van der Waals surface area contributed by atoms with Gasteiger partial charge >= 0.3 is 0 Å². The van der Waals surface area contributed by atoms with Gasteiger partial charge in [-0.25, -0.2) is 0 Å². The number of rotatable bonds is 0. The van der Waals surface area contributed by atoms with Gasteiger partial charge in [-0.15, -0.1) is 0 Å². The maximum Gasteiger partial charge on any atom is 0.128 e. The van der Waals surface area contributed by atoms with Gasteiger partial charge in [0.15, 0.2) is 0 Å². The summed E-state index contributed by atoms with van der Waals surface area (Å²) in [5.41, 5.74) is 8.70. The molecule has 3 heteroatoms. The number of nitrogens with zero attached hydrogens (tertiary/aromatic N) is 3. The molecule has 0 aliphatic carbocycles. The first kappa shape index (κ1) is 14.4. The van der Waals surface area contributed by atoms with E-state index in [4.69, 9.17) is 0 Å². The first-order chi connectivity index (χ1) is 13.8. The molecule has 3 aromatic carbocycles. The monoisotopic (exact) mass is 359 g/mol. The lowest BCUT2D eigenvalue weighted by Gasteiger charge is -2.10. The fourth-order valence-corrected chi connectivity index (χ4v) is 4.96. The van der Waals surface area contributed by atoms with Gasteiger partial charge in [-0.3, -0.25) is 13.2 Å². The van der Waals surface area contributed by atoms with E-state index >= 15 is 0 Å². The van der Waals surface area contributed by atoms with Crippen molar-refractivity contribution >= 4 is 49.7 Å². The third-order valence-corrected chi connectivity index (χ3v) is 6.15. The zero-order valence-corrected chi connectivity index (χ0v) is 15.4. The Morgan fingerprint density at radius 2 is 1.04 bits per heavy atom. The number of aromatic nitrogens is 3. The van der Waals surface area contributed by atoms with Crippen molar-refractivity contribution in [3.05, 3.63) is 90.5 Å². The topological polar surface area (TPSA) is 13.2 Å². The Labute approximate surface area is 160 Å². The lowest BCUT2D eigenvalue weighted by molar-refractivity contribution is 1.07. The Morgan fingerprint density at radius 3 is 1.71 bits per heavy atom. The van der Waals surface area contributed by atoms with Crippen LogP contribution in [0.25, 0.3) is 49.7 Å². The van der Waals surface area contributed by atoms with E-state index in [1.807, 2.05) is 0 Å².